The molecule has 1 unspecified atom stereocenters. The highest BCUT2D eigenvalue weighted by atomic mass is 35.5. The second-order valence-corrected chi connectivity index (χ2v) is 6.17. The van der Waals surface area contributed by atoms with Crippen LogP contribution in [0.2, 0.25) is 5.02 Å². The number of rotatable bonds is 7. The van der Waals surface area contributed by atoms with Gasteiger partial charge in [0.15, 0.2) is 0 Å². The number of halogens is 1. The first-order valence-electron chi connectivity index (χ1n) is 8.12. The Morgan fingerprint density at radius 1 is 1.19 bits per heavy atom. The van der Waals surface area contributed by atoms with Gasteiger partial charge in [-0.05, 0) is 36.8 Å². The molecule has 0 bridgehead atoms. The highest BCUT2D eigenvalue weighted by Gasteiger charge is 2.17. The van der Waals surface area contributed by atoms with E-state index >= 15 is 0 Å². The van der Waals surface area contributed by atoms with E-state index in [9.17, 15) is 4.79 Å². The fraction of sp³-hybridized carbons (Fsp3) is 0.211. The van der Waals surface area contributed by atoms with Gasteiger partial charge < -0.3 is 14.6 Å². The lowest BCUT2D eigenvalue weighted by molar-refractivity contribution is -0.126. The normalized spacial score (nSPS) is 11.9. The topological polar surface area (TPSA) is 77.2 Å². The molecule has 0 fully saturated rings. The van der Waals surface area contributed by atoms with E-state index < -0.39 is 6.04 Å². The molecule has 3 aromatic rings. The summed E-state index contributed by atoms with van der Waals surface area (Å²) in [6.07, 6.45) is 0. The molecule has 26 heavy (non-hydrogen) atoms. The molecule has 1 atom stereocenters. The Balaban J connectivity index is 1.50. The number of nitrogens with one attached hydrogen (secondary N) is 1. The van der Waals surface area contributed by atoms with Crippen LogP contribution in [0.5, 0.6) is 0 Å². The van der Waals surface area contributed by atoms with Gasteiger partial charge in [0.25, 0.3) is 0 Å². The minimum Gasteiger partial charge on any atom is -0.367 e. The Hall–Kier alpha value is -2.70. The van der Waals surface area contributed by atoms with Crippen molar-refractivity contribution in [2.75, 3.05) is 6.61 Å². The summed E-state index contributed by atoms with van der Waals surface area (Å²) in [6, 6.07) is 16.4. The van der Waals surface area contributed by atoms with Crippen LogP contribution < -0.4 is 5.32 Å². The number of carbonyl (C=O) groups is 1. The van der Waals surface area contributed by atoms with Crippen molar-refractivity contribution in [1.29, 1.82) is 0 Å². The maximum absolute atomic E-state index is 12.0. The number of carbonyl (C=O) groups excluding carboxylic acids is 1. The predicted octanol–water partition coefficient (Wildman–Crippen LogP) is 3.78. The van der Waals surface area contributed by atoms with E-state index in [0.717, 1.165) is 11.1 Å². The van der Waals surface area contributed by atoms with Crippen LogP contribution in [0.1, 0.15) is 24.4 Å². The van der Waals surface area contributed by atoms with Crippen LogP contribution in [0.4, 0.5) is 0 Å². The molecule has 1 aromatic heterocycles. The maximum atomic E-state index is 12.0. The van der Waals surface area contributed by atoms with Gasteiger partial charge in [-0.2, -0.15) is 4.98 Å². The van der Waals surface area contributed by atoms with Gasteiger partial charge in [-0.25, -0.2) is 0 Å². The molecular formula is C19H18ClN3O3. The lowest BCUT2D eigenvalue weighted by Gasteiger charge is -2.10. The van der Waals surface area contributed by atoms with Gasteiger partial charge in [0.2, 0.25) is 17.6 Å². The van der Waals surface area contributed by atoms with E-state index in [4.69, 9.17) is 20.9 Å². The number of amides is 1. The van der Waals surface area contributed by atoms with Crippen molar-refractivity contribution in [3.8, 4) is 11.4 Å². The lowest BCUT2D eigenvalue weighted by Crippen LogP contribution is -2.30. The lowest BCUT2D eigenvalue weighted by atomic mass is 10.2. The summed E-state index contributed by atoms with van der Waals surface area (Å²) >= 11 is 5.87. The molecule has 6 nitrogen and oxygen atoms in total. The molecule has 1 heterocycles. The number of aromatic nitrogens is 2. The monoisotopic (exact) mass is 371 g/mol. The van der Waals surface area contributed by atoms with Crippen LogP contribution in [0.3, 0.4) is 0 Å². The van der Waals surface area contributed by atoms with E-state index in [0.29, 0.717) is 23.3 Å². The van der Waals surface area contributed by atoms with Crippen LogP contribution >= 0.6 is 11.6 Å². The third-order valence-corrected chi connectivity index (χ3v) is 3.89. The van der Waals surface area contributed by atoms with Crippen molar-refractivity contribution in [3.63, 3.8) is 0 Å². The van der Waals surface area contributed by atoms with Gasteiger partial charge in [0.05, 0.1) is 6.61 Å². The minimum absolute atomic E-state index is 0.0442. The zero-order chi connectivity index (χ0) is 18.4. The molecule has 0 aliphatic carbocycles. The zero-order valence-corrected chi connectivity index (χ0v) is 14.9. The fourth-order valence-corrected chi connectivity index (χ4v) is 2.43. The van der Waals surface area contributed by atoms with E-state index in [1.807, 2.05) is 30.3 Å². The first-order valence-corrected chi connectivity index (χ1v) is 8.50. The number of nitrogens with zero attached hydrogens (tertiary/aromatic N) is 2. The summed E-state index contributed by atoms with van der Waals surface area (Å²) in [5.41, 5.74) is 1.80. The molecule has 134 valence electrons. The molecule has 2 aromatic carbocycles. The summed E-state index contributed by atoms with van der Waals surface area (Å²) in [5, 5.41) is 7.34. The summed E-state index contributed by atoms with van der Waals surface area (Å²) in [4.78, 5) is 16.3. The zero-order valence-electron chi connectivity index (χ0n) is 14.2. The molecular weight excluding hydrogens is 354 g/mol. The van der Waals surface area contributed by atoms with Crippen molar-refractivity contribution in [2.24, 2.45) is 0 Å². The first kappa shape index (κ1) is 18.1. The van der Waals surface area contributed by atoms with E-state index in [1.54, 1.807) is 31.2 Å². The summed E-state index contributed by atoms with van der Waals surface area (Å²) in [6.45, 7) is 2.11. The first-order chi connectivity index (χ1) is 12.6. The SMILES string of the molecule is CC(NC(=O)COCc1ccccc1)c1nc(-c2ccc(Cl)cc2)no1. The van der Waals surface area contributed by atoms with E-state index in [-0.39, 0.29) is 12.5 Å². The van der Waals surface area contributed by atoms with E-state index in [1.165, 1.54) is 0 Å². The minimum atomic E-state index is -0.420. The van der Waals surface area contributed by atoms with Gasteiger partial charge in [-0.3, -0.25) is 4.79 Å². The standard InChI is InChI=1S/C19H18ClN3O3/c1-13(21-17(24)12-25-11-14-5-3-2-4-6-14)19-22-18(23-26-19)15-7-9-16(20)10-8-15/h2-10,13H,11-12H2,1H3,(H,21,24). The van der Waals surface area contributed by atoms with Crippen molar-refractivity contribution >= 4 is 17.5 Å². The molecule has 0 radical (unpaired) electrons. The number of hydrogen-bond acceptors (Lipinski definition) is 5. The summed E-state index contributed by atoms with van der Waals surface area (Å²) in [5.74, 6) is 0.518. The van der Waals surface area contributed by atoms with Gasteiger partial charge in [0.1, 0.15) is 12.6 Å². The predicted molar refractivity (Wildman–Crippen MR) is 97.4 cm³/mol. The van der Waals surface area contributed by atoms with Crippen LogP contribution in [-0.4, -0.2) is 22.7 Å². The average molecular weight is 372 g/mol. The number of hydrogen-bond donors (Lipinski definition) is 1. The molecule has 0 spiro atoms. The Morgan fingerprint density at radius 3 is 2.65 bits per heavy atom. The average Bonchev–Trinajstić information content (AvgIpc) is 3.13. The molecule has 7 heteroatoms. The maximum Gasteiger partial charge on any atom is 0.249 e. The highest BCUT2D eigenvalue weighted by Crippen LogP contribution is 2.20. The molecule has 0 aliphatic rings. The summed E-state index contributed by atoms with van der Waals surface area (Å²) < 4.78 is 10.6. The number of benzene rings is 2. The van der Waals surface area contributed by atoms with Crippen molar-refractivity contribution < 1.29 is 14.1 Å². The van der Waals surface area contributed by atoms with Crippen LogP contribution in [0, 0.1) is 0 Å². The Bertz CT molecular complexity index is 850. The largest absolute Gasteiger partial charge is 0.367 e. The molecule has 0 saturated heterocycles. The Morgan fingerprint density at radius 2 is 1.92 bits per heavy atom. The smallest absolute Gasteiger partial charge is 0.249 e. The Labute approximate surface area is 156 Å². The number of ether oxygens (including phenoxy) is 1. The molecule has 1 N–H and O–H groups in total. The molecule has 0 aliphatic heterocycles. The van der Waals surface area contributed by atoms with Crippen LogP contribution in [0.15, 0.2) is 59.1 Å². The quantitative estimate of drug-likeness (QED) is 0.683. The third kappa shape index (κ3) is 4.91. The van der Waals surface area contributed by atoms with Crippen molar-refractivity contribution in [1.82, 2.24) is 15.5 Å². The second-order valence-electron chi connectivity index (χ2n) is 5.73. The molecule has 0 saturated carbocycles. The molecule has 1 amide bonds. The van der Waals surface area contributed by atoms with Crippen LogP contribution in [-0.2, 0) is 16.1 Å². The fourth-order valence-electron chi connectivity index (χ4n) is 2.31. The van der Waals surface area contributed by atoms with Crippen molar-refractivity contribution in [3.05, 3.63) is 71.1 Å². The van der Waals surface area contributed by atoms with Gasteiger partial charge in [-0.15, -0.1) is 0 Å². The van der Waals surface area contributed by atoms with Crippen LogP contribution in [0.25, 0.3) is 11.4 Å². The summed E-state index contributed by atoms with van der Waals surface area (Å²) in [7, 11) is 0. The van der Waals surface area contributed by atoms with E-state index in [2.05, 4.69) is 15.5 Å². The van der Waals surface area contributed by atoms with Crippen molar-refractivity contribution in [2.45, 2.75) is 19.6 Å². The third-order valence-electron chi connectivity index (χ3n) is 3.64. The Kier molecular flexibility index (Phi) is 5.99. The molecule has 3 rings (SSSR count). The highest BCUT2D eigenvalue weighted by molar-refractivity contribution is 6.30. The second kappa shape index (κ2) is 8.60. The van der Waals surface area contributed by atoms with Gasteiger partial charge >= 0.3 is 0 Å². The van der Waals surface area contributed by atoms with Gasteiger partial charge in [0, 0.05) is 10.6 Å². The van der Waals surface area contributed by atoms with Gasteiger partial charge in [-0.1, -0.05) is 47.1 Å².